The highest BCUT2D eigenvalue weighted by atomic mass is 32.2. The molecule has 1 amide bonds. The number of aromatic nitrogens is 1. The van der Waals surface area contributed by atoms with Crippen molar-refractivity contribution in [2.24, 2.45) is 0 Å². The van der Waals surface area contributed by atoms with Gasteiger partial charge in [-0.1, -0.05) is 23.9 Å². The van der Waals surface area contributed by atoms with Crippen molar-refractivity contribution in [1.29, 1.82) is 0 Å². The van der Waals surface area contributed by atoms with Crippen LogP contribution in [0.2, 0.25) is 0 Å². The van der Waals surface area contributed by atoms with Crippen LogP contribution in [0.15, 0.2) is 28.6 Å². The predicted octanol–water partition coefficient (Wildman–Crippen LogP) is 5.01. The Kier molecular flexibility index (Phi) is 7.33. The number of nitrogens with one attached hydrogen (secondary N) is 1. The molecule has 0 unspecified atom stereocenters. The normalized spacial score (nSPS) is 13.2. The number of amides is 1. The van der Waals surface area contributed by atoms with Crippen LogP contribution < -0.4 is 5.32 Å². The van der Waals surface area contributed by atoms with Crippen LogP contribution in [0.1, 0.15) is 48.0 Å². The molecule has 0 radical (unpaired) electrons. The second-order valence-corrected chi connectivity index (χ2v) is 10.7. The van der Waals surface area contributed by atoms with E-state index in [0.29, 0.717) is 12.2 Å². The van der Waals surface area contributed by atoms with Gasteiger partial charge in [0.15, 0.2) is 4.34 Å². The van der Waals surface area contributed by atoms with Crippen LogP contribution in [0.5, 0.6) is 0 Å². The van der Waals surface area contributed by atoms with Crippen molar-refractivity contribution >= 4 is 45.4 Å². The molecule has 0 fully saturated rings. The molecule has 2 rings (SSSR count). The van der Waals surface area contributed by atoms with Gasteiger partial charge in [0.1, 0.15) is 17.2 Å². The molecule has 1 aromatic heterocycles. The lowest BCUT2D eigenvalue weighted by atomic mass is 10.1. The molecule has 1 N–H and O–H groups in total. The van der Waals surface area contributed by atoms with E-state index in [-0.39, 0.29) is 0 Å². The summed E-state index contributed by atoms with van der Waals surface area (Å²) in [5.41, 5.74) is -0.311. The Morgan fingerprint density at radius 2 is 1.75 bits per heavy atom. The van der Waals surface area contributed by atoms with Gasteiger partial charge in [-0.3, -0.25) is 0 Å². The summed E-state index contributed by atoms with van der Waals surface area (Å²) in [5.74, 6) is 0.141. The molecule has 0 aliphatic rings. The maximum atomic E-state index is 12.5. The maximum absolute atomic E-state index is 12.5. The summed E-state index contributed by atoms with van der Waals surface area (Å²) >= 11 is 3.17. The predicted molar refractivity (Wildman–Crippen MR) is 114 cm³/mol. The van der Waals surface area contributed by atoms with Crippen LogP contribution in [0.25, 0.3) is 10.2 Å². The molecule has 6 nitrogen and oxygen atoms in total. The molecular formula is C20H28N2O4S2. The standard InChI is InChI=1S/C20H28N2O4S2/c1-19(2,3)25-16(23)14(21-17(24)26-20(4,5)6)11-12-27-18-22-13-9-7-8-10-15(13)28-18/h7-10,14H,11-12H2,1-6H3,(H,21,24)/t14-/m0/s1. The summed E-state index contributed by atoms with van der Waals surface area (Å²) in [5, 5.41) is 2.64. The highest BCUT2D eigenvalue weighted by Gasteiger charge is 2.28. The summed E-state index contributed by atoms with van der Waals surface area (Å²) in [6.07, 6.45) is -0.220. The number of rotatable bonds is 6. The van der Waals surface area contributed by atoms with Crippen LogP contribution >= 0.6 is 23.1 Å². The van der Waals surface area contributed by atoms with Crippen LogP contribution in [-0.2, 0) is 14.3 Å². The van der Waals surface area contributed by atoms with E-state index in [2.05, 4.69) is 10.3 Å². The number of thiazole rings is 1. The lowest BCUT2D eigenvalue weighted by molar-refractivity contribution is -0.157. The minimum absolute atomic E-state index is 0.411. The highest BCUT2D eigenvalue weighted by Crippen LogP contribution is 2.30. The molecule has 0 aliphatic heterocycles. The number of esters is 1. The number of nitrogens with zero attached hydrogens (tertiary/aromatic N) is 1. The first-order chi connectivity index (χ1) is 12.9. The molecule has 2 aromatic rings. The lowest BCUT2D eigenvalue weighted by Gasteiger charge is -2.26. The Balaban J connectivity index is 1.99. The molecule has 0 aliphatic carbocycles. The first kappa shape index (κ1) is 22.5. The number of hydrogen-bond donors (Lipinski definition) is 1. The number of thioether (sulfide) groups is 1. The van der Waals surface area contributed by atoms with Crippen molar-refractivity contribution < 1.29 is 19.1 Å². The molecule has 1 heterocycles. The van der Waals surface area contributed by atoms with E-state index in [0.717, 1.165) is 14.6 Å². The quantitative estimate of drug-likeness (QED) is 0.519. The lowest BCUT2D eigenvalue weighted by Crippen LogP contribution is -2.46. The van der Waals surface area contributed by atoms with Crippen molar-refractivity contribution in [2.45, 2.75) is 69.5 Å². The molecule has 154 valence electrons. The van der Waals surface area contributed by atoms with Gasteiger partial charge in [0, 0.05) is 5.75 Å². The number of benzene rings is 1. The molecule has 1 aromatic carbocycles. The largest absolute Gasteiger partial charge is 0.458 e. The van der Waals surface area contributed by atoms with E-state index < -0.39 is 29.3 Å². The zero-order valence-electron chi connectivity index (χ0n) is 17.2. The van der Waals surface area contributed by atoms with Crippen LogP contribution in [0.3, 0.4) is 0 Å². The molecule has 28 heavy (non-hydrogen) atoms. The summed E-state index contributed by atoms with van der Waals surface area (Å²) < 4.78 is 12.8. The van der Waals surface area contributed by atoms with E-state index in [1.165, 1.54) is 0 Å². The third-order valence-electron chi connectivity index (χ3n) is 3.29. The average molecular weight is 425 g/mol. The highest BCUT2D eigenvalue weighted by molar-refractivity contribution is 8.01. The third-order valence-corrected chi connectivity index (χ3v) is 5.50. The average Bonchev–Trinajstić information content (AvgIpc) is 2.93. The molecule has 0 saturated carbocycles. The first-order valence-corrected chi connectivity index (χ1v) is 10.9. The number of alkyl carbamates (subject to hydrolysis) is 1. The summed E-state index contributed by atoms with van der Waals surface area (Å²) in [4.78, 5) is 29.2. The van der Waals surface area contributed by atoms with Gasteiger partial charge in [-0.25, -0.2) is 14.6 Å². The zero-order chi connectivity index (χ0) is 20.9. The summed E-state index contributed by atoms with van der Waals surface area (Å²) in [6, 6.07) is 7.17. The second kappa shape index (κ2) is 9.13. The Hall–Kier alpha value is -1.80. The number of carbonyl (C=O) groups is 2. The Labute approximate surface area is 174 Å². The monoisotopic (exact) mass is 424 g/mol. The number of ether oxygens (including phenoxy) is 2. The first-order valence-electron chi connectivity index (χ1n) is 9.14. The molecule has 8 heteroatoms. The van der Waals surface area contributed by atoms with Crippen LogP contribution in [0, 0.1) is 0 Å². The van der Waals surface area contributed by atoms with Gasteiger partial charge in [-0.05, 0) is 60.1 Å². The number of carbonyl (C=O) groups excluding carboxylic acids is 2. The fraction of sp³-hybridized carbons (Fsp3) is 0.550. The Bertz CT molecular complexity index is 788. The van der Waals surface area contributed by atoms with Crippen molar-refractivity contribution in [2.75, 3.05) is 5.75 Å². The van der Waals surface area contributed by atoms with E-state index >= 15 is 0 Å². The molecule has 0 spiro atoms. The Morgan fingerprint density at radius 1 is 1.11 bits per heavy atom. The Morgan fingerprint density at radius 3 is 2.36 bits per heavy atom. The van der Waals surface area contributed by atoms with Gasteiger partial charge >= 0.3 is 12.1 Å². The van der Waals surface area contributed by atoms with Crippen molar-refractivity contribution in [3.63, 3.8) is 0 Å². The molecule has 0 bridgehead atoms. The van der Waals surface area contributed by atoms with Crippen LogP contribution in [-0.4, -0.2) is 40.0 Å². The number of para-hydroxylation sites is 1. The minimum atomic E-state index is -0.782. The minimum Gasteiger partial charge on any atom is -0.458 e. The molecule has 1 atom stereocenters. The van der Waals surface area contributed by atoms with Gasteiger partial charge in [0.2, 0.25) is 0 Å². The fourth-order valence-electron chi connectivity index (χ4n) is 2.25. The van der Waals surface area contributed by atoms with E-state index in [1.807, 2.05) is 24.3 Å². The zero-order valence-corrected chi connectivity index (χ0v) is 18.8. The number of fused-ring (bicyclic) bond motifs is 1. The van der Waals surface area contributed by atoms with E-state index in [4.69, 9.17) is 9.47 Å². The number of hydrogen-bond acceptors (Lipinski definition) is 7. The maximum Gasteiger partial charge on any atom is 0.408 e. The second-order valence-electron chi connectivity index (χ2n) is 8.32. The summed E-state index contributed by atoms with van der Waals surface area (Å²) in [7, 11) is 0. The fourth-order valence-corrected chi connectivity index (χ4v) is 4.39. The van der Waals surface area contributed by atoms with Gasteiger partial charge in [0.25, 0.3) is 0 Å². The van der Waals surface area contributed by atoms with Crippen molar-refractivity contribution in [1.82, 2.24) is 10.3 Å². The van der Waals surface area contributed by atoms with E-state index in [1.54, 1.807) is 64.6 Å². The summed E-state index contributed by atoms with van der Waals surface area (Å²) in [6.45, 7) is 10.7. The van der Waals surface area contributed by atoms with Gasteiger partial charge in [-0.15, -0.1) is 11.3 Å². The molecular weight excluding hydrogens is 396 g/mol. The van der Waals surface area contributed by atoms with Crippen molar-refractivity contribution in [3.8, 4) is 0 Å². The topological polar surface area (TPSA) is 77.5 Å². The van der Waals surface area contributed by atoms with Gasteiger partial charge in [-0.2, -0.15) is 0 Å². The SMILES string of the molecule is CC(C)(C)OC(=O)N[C@@H](CCSc1nc2ccccc2s1)C(=O)OC(C)(C)C. The van der Waals surface area contributed by atoms with Gasteiger partial charge < -0.3 is 14.8 Å². The third kappa shape index (κ3) is 7.67. The van der Waals surface area contributed by atoms with Gasteiger partial charge in [0.05, 0.1) is 10.2 Å². The smallest absolute Gasteiger partial charge is 0.408 e. The van der Waals surface area contributed by atoms with Crippen molar-refractivity contribution in [3.05, 3.63) is 24.3 Å². The van der Waals surface area contributed by atoms with Crippen LogP contribution in [0.4, 0.5) is 4.79 Å². The molecule has 0 saturated heterocycles. The van der Waals surface area contributed by atoms with E-state index in [9.17, 15) is 9.59 Å².